The number of rotatable bonds is 7. The van der Waals surface area contributed by atoms with E-state index in [1.54, 1.807) is 19.2 Å². The van der Waals surface area contributed by atoms with Gasteiger partial charge in [-0.3, -0.25) is 0 Å². The standard InChI is InChI=1S/C16H26N2O2S/c1-5-17-10-14-9-16(7-6-12(14)2)21(19,20)18(4)11-15-8-13(15)3/h6-7,9,13,15,17H,5,8,10-11H2,1-4H3. The van der Waals surface area contributed by atoms with E-state index in [9.17, 15) is 8.42 Å². The van der Waals surface area contributed by atoms with Gasteiger partial charge < -0.3 is 5.32 Å². The first-order chi connectivity index (χ1) is 9.86. The van der Waals surface area contributed by atoms with Gasteiger partial charge in [0.15, 0.2) is 0 Å². The fraction of sp³-hybridized carbons (Fsp3) is 0.625. The topological polar surface area (TPSA) is 49.4 Å². The van der Waals surface area contributed by atoms with Crippen LogP contribution < -0.4 is 5.32 Å². The molecule has 0 amide bonds. The summed E-state index contributed by atoms with van der Waals surface area (Å²) in [6, 6.07) is 5.42. The number of hydrogen-bond acceptors (Lipinski definition) is 3. The Bertz CT molecular complexity index is 598. The number of benzene rings is 1. The van der Waals surface area contributed by atoms with Gasteiger partial charge in [-0.15, -0.1) is 0 Å². The van der Waals surface area contributed by atoms with E-state index in [1.165, 1.54) is 4.31 Å². The molecule has 4 nitrogen and oxygen atoms in total. The summed E-state index contributed by atoms with van der Waals surface area (Å²) in [6.07, 6.45) is 1.14. The molecule has 1 saturated carbocycles. The number of nitrogens with zero attached hydrogens (tertiary/aromatic N) is 1. The molecule has 0 heterocycles. The van der Waals surface area contributed by atoms with Crippen LogP contribution in [0.1, 0.15) is 31.4 Å². The number of hydrogen-bond donors (Lipinski definition) is 1. The Balaban J connectivity index is 2.18. The molecule has 0 bridgehead atoms. The highest BCUT2D eigenvalue weighted by Crippen LogP contribution is 2.38. The van der Waals surface area contributed by atoms with Crippen LogP contribution in [0.15, 0.2) is 23.1 Å². The molecule has 0 saturated heterocycles. The van der Waals surface area contributed by atoms with E-state index < -0.39 is 10.0 Å². The van der Waals surface area contributed by atoms with E-state index >= 15 is 0 Å². The highest BCUT2D eigenvalue weighted by molar-refractivity contribution is 7.89. The predicted molar refractivity (Wildman–Crippen MR) is 85.6 cm³/mol. The zero-order valence-corrected chi connectivity index (χ0v) is 14.2. The number of nitrogens with one attached hydrogen (secondary N) is 1. The second-order valence-electron chi connectivity index (χ2n) is 6.13. The van der Waals surface area contributed by atoms with Gasteiger partial charge >= 0.3 is 0 Å². The van der Waals surface area contributed by atoms with Crippen LogP contribution >= 0.6 is 0 Å². The van der Waals surface area contributed by atoms with Crippen molar-refractivity contribution in [2.45, 2.75) is 38.6 Å². The molecule has 2 rings (SSSR count). The summed E-state index contributed by atoms with van der Waals surface area (Å²) < 4.78 is 26.8. The van der Waals surface area contributed by atoms with Gasteiger partial charge in [-0.2, -0.15) is 0 Å². The zero-order valence-electron chi connectivity index (χ0n) is 13.4. The average Bonchev–Trinajstić information content (AvgIpc) is 3.12. The predicted octanol–water partition coefficient (Wildman–Crippen LogP) is 2.38. The Hall–Kier alpha value is -0.910. The summed E-state index contributed by atoms with van der Waals surface area (Å²) in [6.45, 7) is 8.43. The van der Waals surface area contributed by atoms with E-state index in [0.717, 1.165) is 24.1 Å². The van der Waals surface area contributed by atoms with Crippen LogP contribution in [0.25, 0.3) is 0 Å². The molecule has 5 heteroatoms. The van der Waals surface area contributed by atoms with Crippen LogP contribution in [0, 0.1) is 18.8 Å². The minimum absolute atomic E-state index is 0.400. The summed E-state index contributed by atoms with van der Waals surface area (Å²) in [4.78, 5) is 0.400. The molecule has 118 valence electrons. The molecule has 2 atom stereocenters. The van der Waals surface area contributed by atoms with Gasteiger partial charge in [0, 0.05) is 20.1 Å². The van der Waals surface area contributed by atoms with Gasteiger partial charge in [0.05, 0.1) is 4.90 Å². The first-order valence-corrected chi connectivity index (χ1v) is 9.06. The van der Waals surface area contributed by atoms with Gasteiger partial charge in [0.2, 0.25) is 10.0 Å². The monoisotopic (exact) mass is 310 g/mol. The number of aryl methyl sites for hydroxylation is 1. The van der Waals surface area contributed by atoms with Crippen LogP contribution in [0.2, 0.25) is 0 Å². The van der Waals surface area contributed by atoms with Gasteiger partial charge in [-0.05, 0) is 55.0 Å². The molecule has 1 aromatic rings. The summed E-state index contributed by atoms with van der Waals surface area (Å²) >= 11 is 0. The SMILES string of the molecule is CCNCc1cc(S(=O)(=O)N(C)CC2CC2C)ccc1C. The van der Waals surface area contributed by atoms with Gasteiger partial charge in [-0.25, -0.2) is 12.7 Å². The van der Waals surface area contributed by atoms with E-state index in [2.05, 4.69) is 12.2 Å². The molecule has 0 aliphatic heterocycles. The molecule has 1 aromatic carbocycles. The lowest BCUT2D eigenvalue weighted by Gasteiger charge is -2.18. The molecular weight excluding hydrogens is 284 g/mol. The van der Waals surface area contributed by atoms with Crippen LogP contribution in [-0.4, -0.2) is 32.9 Å². The molecule has 2 unspecified atom stereocenters. The zero-order chi connectivity index (χ0) is 15.6. The van der Waals surface area contributed by atoms with Crippen molar-refractivity contribution in [3.63, 3.8) is 0 Å². The van der Waals surface area contributed by atoms with Crippen molar-refractivity contribution in [2.75, 3.05) is 20.1 Å². The lowest BCUT2D eigenvalue weighted by atomic mass is 10.1. The van der Waals surface area contributed by atoms with Gasteiger partial charge in [0.25, 0.3) is 0 Å². The van der Waals surface area contributed by atoms with Crippen LogP contribution in [0.3, 0.4) is 0 Å². The molecule has 0 spiro atoms. The molecule has 1 N–H and O–H groups in total. The summed E-state index contributed by atoms with van der Waals surface area (Å²) in [5, 5.41) is 3.25. The van der Waals surface area contributed by atoms with E-state index in [1.807, 2.05) is 19.9 Å². The molecule has 1 fully saturated rings. The molecule has 1 aliphatic rings. The Morgan fingerprint density at radius 3 is 2.62 bits per heavy atom. The quantitative estimate of drug-likeness (QED) is 0.841. The Morgan fingerprint density at radius 2 is 2.05 bits per heavy atom. The Kier molecular flexibility index (Phi) is 5.07. The van der Waals surface area contributed by atoms with Crippen molar-refractivity contribution >= 4 is 10.0 Å². The minimum atomic E-state index is -3.38. The first-order valence-electron chi connectivity index (χ1n) is 7.62. The summed E-state index contributed by atoms with van der Waals surface area (Å²) in [7, 11) is -1.69. The van der Waals surface area contributed by atoms with Gasteiger partial charge in [-0.1, -0.05) is 19.9 Å². The maximum absolute atomic E-state index is 12.6. The largest absolute Gasteiger partial charge is 0.313 e. The maximum Gasteiger partial charge on any atom is 0.242 e. The van der Waals surface area contributed by atoms with Crippen LogP contribution in [0.4, 0.5) is 0 Å². The van der Waals surface area contributed by atoms with Crippen molar-refractivity contribution in [2.24, 2.45) is 11.8 Å². The van der Waals surface area contributed by atoms with Gasteiger partial charge in [0.1, 0.15) is 0 Å². The van der Waals surface area contributed by atoms with Crippen molar-refractivity contribution < 1.29 is 8.42 Å². The molecule has 21 heavy (non-hydrogen) atoms. The second kappa shape index (κ2) is 6.46. The number of sulfonamides is 1. The van der Waals surface area contributed by atoms with E-state index in [-0.39, 0.29) is 0 Å². The first kappa shape index (κ1) is 16.5. The normalized spacial score (nSPS) is 21.8. The third kappa shape index (κ3) is 3.84. The highest BCUT2D eigenvalue weighted by atomic mass is 32.2. The van der Waals surface area contributed by atoms with Crippen molar-refractivity contribution in [3.05, 3.63) is 29.3 Å². The molecular formula is C16H26N2O2S. The van der Waals surface area contributed by atoms with Crippen molar-refractivity contribution in [3.8, 4) is 0 Å². The third-order valence-electron chi connectivity index (χ3n) is 4.36. The molecule has 0 aromatic heterocycles. The van der Waals surface area contributed by atoms with E-state index in [4.69, 9.17) is 0 Å². The van der Waals surface area contributed by atoms with E-state index in [0.29, 0.717) is 29.8 Å². The Morgan fingerprint density at radius 1 is 1.38 bits per heavy atom. The molecule has 0 radical (unpaired) electrons. The van der Waals surface area contributed by atoms with Crippen molar-refractivity contribution in [1.29, 1.82) is 0 Å². The Labute approximate surface area is 128 Å². The maximum atomic E-state index is 12.6. The lowest BCUT2D eigenvalue weighted by molar-refractivity contribution is 0.444. The van der Waals surface area contributed by atoms with Crippen molar-refractivity contribution in [1.82, 2.24) is 9.62 Å². The average molecular weight is 310 g/mol. The smallest absolute Gasteiger partial charge is 0.242 e. The molecule has 1 aliphatic carbocycles. The lowest BCUT2D eigenvalue weighted by Crippen LogP contribution is -2.29. The van der Waals surface area contributed by atoms with Crippen LogP contribution in [0.5, 0.6) is 0 Å². The van der Waals surface area contributed by atoms with Crippen LogP contribution in [-0.2, 0) is 16.6 Å². The summed E-state index contributed by atoms with van der Waals surface area (Å²) in [5.41, 5.74) is 2.17. The fourth-order valence-electron chi connectivity index (χ4n) is 2.52. The summed E-state index contributed by atoms with van der Waals surface area (Å²) in [5.74, 6) is 1.18. The third-order valence-corrected chi connectivity index (χ3v) is 6.18. The second-order valence-corrected chi connectivity index (χ2v) is 8.17. The highest BCUT2D eigenvalue weighted by Gasteiger charge is 2.36. The fourth-order valence-corrected chi connectivity index (χ4v) is 3.80. The minimum Gasteiger partial charge on any atom is -0.313 e.